The molecule has 0 bridgehead atoms. The van der Waals surface area contributed by atoms with Crippen molar-refractivity contribution >= 4 is 29.2 Å². The number of amides is 1. The van der Waals surface area contributed by atoms with Crippen LogP contribution in [0.2, 0.25) is 0 Å². The number of carbonyl (C=O) groups is 1. The van der Waals surface area contributed by atoms with Gasteiger partial charge in [0.05, 0.1) is 11.0 Å². The van der Waals surface area contributed by atoms with Gasteiger partial charge in [0.15, 0.2) is 4.77 Å². The first kappa shape index (κ1) is 13.7. The van der Waals surface area contributed by atoms with Crippen LogP contribution in [-0.4, -0.2) is 34.0 Å². The van der Waals surface area contributed by atoms with Gasteiger partial charge in [-0.3, -0.25) is 4.79 Å². The number of aryl methyl sites for hydroxylation is 1. The quantitative estimate of drug-likeness (QED) is 0.879. The Morgan fingerprint density at radius 2 is 2.21 bits per heavy atom. The Bertz CT molecular complexity index is 689. The SMILES string of the molecule is CCN(C)C(=O)Cn1c(=S)[nH]c2cc(F)c(C)cc21. The first-order chi connectivity index (χ1) is 8.93. The van der Waals surface area contributed by atoms with E-state index in [1.807, 2.05) is 6.92 Å². The summed E-state index contributed by atoms with van der Waals surface area (Å²) in [5, 5.41) is 0. The average molecular weight is 281 g/mol. The lowest BCUT2D eigenvalue weighted by atomic mass is 10.2. The Morgan fingerprint density at radius 3 is 2.84 bits per heavy atom. The number of halogens is 1. The Hall–Kier alpha value is -1.69. The topological polar surface area (TPSA) is 41.0 Å². The molecule has 1 heterocycles. The molecule has 19 heavy (non-hydrogen) atoms. The fourth-order valence-electron chi connectivity index (χ4n) is 1.87. The summed E-state index contributed by atoms with van der Waals surface area (Å²) in [6.45, 7) is 4.40. The molecule has 2 aromatic rings. The number of rotatable bonds is 3. The van der Waals surface area contributed by atoms with Crippen molar-refractivity contribution in [1.29, 1.82) is 0 Å². The second kappa shape index (κ2) is 5.13. The summed E-state index contributed by atoms with van der Waals surface area (Å²) >= 11 is 5.19. The molecule has 0 aliphatic carbocycles. The lowest BCUT2D eigenvalue weighted by Crippen LogP contribution is -2.29. The van der Waals surface area contributed by atoms with Gasteiger partial charge in [0.2, 0.25) is 5.91 Å². The van der Waals surface area contributed by atoms with Gasteiger partial charge in [-0.05, 0) is 43.8 Å². The highest BCUT2D eigenvalue weighted by Gasteiger charge is 2.13. The zero-order chi connectivity index (χ0) is 14.2. The van der Waals surface area contributed by atoms with E-state index in [0.717, 1.165) is 5.52 Å². The van der Waals surface area contributed by atoms with Crippen molar-refractivity contribution in [1.82, 2.24) is 14.5 Å². The van der Waals surface area contributed by atoms with Gasteiger partial charge in [-0.2, -0.15) is 0 Å². The molecule has 1 aromatic carbocycles. The van der Waals surface area contributed by atoms with E-state index in [-0.39, 0.29) is 18.3 Å². The van der Waals surface area contributed by atoms with Gasteiger partial charge in [-0.15, -0.1) is 0 Å². The average Bonchev–Trinajstić information content (AvgIpc) is 2.65. The number of nitrogens with zero attached hydrogens (tertiary/aromatic N) is 2. The third-order valence-corrected chi connectivity index (χ3v) is 3.57. The number of imidazole rings is 1. The van der Waals surface area contributed by atoms with Crippen LogP contribution in [0, 0.1) is 17.5 Å². The summed E-state index contributed by atoms with van der Waals surface area (Å²) in [6, 6.07) is 3.11. The highest BCUT2D eigenvalue weighted by atomic mass is 32.1. The smallest absolute Gasteiger partial charge is 0.242 e. The number of likely N-dealkylation sites (N-methyl/N-ethyl adjacent to an activating group) is 1. The molecule has 0 aliphatic rings. The fraction of sp³-hybridized carbons (Fsp3) is 0.385. The number of benzene rings is 1. The van der Waals surface area contributed by atoms with Crippen LogP contribution in [0.25, 0.3) is 11.0 Å². The monoisotopic (exact) mass is 281 g/mol. The summed E-state index contributed by atoms with van der Waals surface area (Å²) in [5.41, 5.74) is 1.90. The Morgan fingerprint density at radius 1 is 1.53 bits per heavy atom. The van der Waals surface area contributed by atoms with Crippen molar-refractivity contribution in [3.8, 4) is 0 Å². The Balaban J connectivity index is 2.49. The molecule has 0 fully saturated rings. The second-order valence-corrected chi connectivity index (χ2v) is 4.93. The van der Waals surface area contributed by atoms with Crippen molar-refractivity contribution in [3.05, 3.63) is 28.3 Å². The van der Waals surface area contributed by atoms with Gasteiger partial charge < -0.3 is 14.5 Å². The highest BCUT2D eigenvalue weighted by molar-refractivity contribution is 7.71. The molecular weight excluding hydrogens is 265 g/mol. The number of carbonyl (C=O) groups excluding carboxylic acids is 1. The summed E-state index contributed by atoms with van der Waals surface area (Å²) in [7, 11) is 1.74. The second-order valence-electron chi connectivity index (χ2n) is 4.54. The van der Waals surface area contributed by atoms with E-state index in [2.05, 4.69) is 4.98 Å². The first-order valence-electron chi connectivity index (χ1n) is 6.06. The maximum Gasteiger partial charge on any atom is 0.242 e. The Labute approximate surface area is 115 Å². The van der Waals surface area contributed by atoms with Crippen LogP contribution >= 0.6 is 12.2 Å². The molecular formula is C13H16FN3OS. The van der Waals surface area contributed by atoms with E-state index in [1.165, 1.54) is 6.07 Å². The fourth-order valence-corrected chi connectivity index (χ4v) is 2.14. The van der Waals surface area contributed by atoms with Crippen LogP contribution in [0.1, 0.15) is 12.5 Å². The minimum atomic E-state index is -0.284. The van der Waals surface area contributed by atoms with E-state index < -0.39 is 0 Å². The zero-order valence-electron chi connectivity index (χ0n) is 11.2. The van der Waals surface area contributed by atoms with E-state index in [4.69, 9.17) is 12.2 Å². The molecule has 2 rings (SSSR count). The number of nitrogens with one attached hydrogen (secondary N) is 1. The van der Waals surface area contributed by atoms with Gasteiger partial charge in [0.25, 0.3) is 0 Å². The maximum atomic E-state index is 13.5. The third-order valence-electron chi connectivity index (χ3n) is 3.25. The summed E-state index contributed by atoms with van der Waals surface area (Å²) in [5.74, 6) is -0.311. The number of fused-ring (bicyclic) bond motifs is 1. The summed E-state index contributed by atoms with van der Waals surface area (Å²) in [6.07, 6.45) is 0. The van der Waals surface area contributed by atoms with E-state index >= 15 is 0 Å². The Kier molecular flexibility index (Phi) is 3.71. The normalized spacial score (nSPS) is 10.9. The van der Waals surface area contributed by atoms with Crippen LogP contribution in [0.3, 0.4) is 0 Å². The van der Waals surface area contributed by atoms with Crippen molar-refractivity contribution in [2.24, 2.45) is 0 Å². The number of hydrogen-bond donors (Lipinski definition) is 1. The van der Waals surface area contributed by atoms with Gasteiger partial charge in [0.1, 0.15) is 12.4 Å². The minimum absolute atomic E-state index is 0.0264. The largest absolute Gasteiger partial charge is 0.344 e. The van der Waals surface area contributed by atoms with Crippen LogP contribution in [0.4, 0.5) is 4.39 Å². The molecule has 0 saturated carbocycles. The minimum Gasteiger partial charge on any atom is -0.344 e. The summed E-state index contributed by atoms with van der Waals surface area (Å²) < 4.78 is 15.6. The molecule has 0 unspecified atom stereocenters. The van der Waals surface area contributed by atoms with Crippen molar-refractivity contribution < 1.29 is 9.18 Å². The predicted molar refractivity (Wildman–Crippen MR) is 75.1 cm³/mol. The van der Waals surface area contributed by atoms with Crippen LogP contribution in [0.5, 0.6) is 0 Å². The molecule has 102 valence electrons. The molecule has 0 saturated heterocycles. The molecule has 1 N–H and O–H groups in total. The van der Waals surface area contributed by atoms with Crippen LogP contribution in [0.15, 0.2) is 12.1 Å². The standard InChI is InChI=1S/C13H16FN3OS/c1-4-16(3)12(18)7-17-11-5-8(2)9(14)6-10(11)15-13(17)19/h5-6H,4,7H2,1-3H3,(H,15,19). The van der Waals surface area contributed by atoms with Gasteiger partial charge >= 0.3 is 0 Å². The lowest BCUT2D eigenvalue weighted by molar-refractivity contribution is -0.130. The van der Waals surface area contributed by atoms with Gasteiger partial charge in [-0.25, -0.2) is 4.39 Å². The molecule has 4 nitrogen and oxygen atoms in total. The van der Waals surface area contributed by atoms with Gasteiger partial charge in [0, 0.05) is 13.6 Å². The van der Waals surface area contributed by atoms with E-state index in [0.29, 0.717) is 22.4 Å². The maximum absolute atomic E-state index is 13.5. The van der Waals surface area contributed by atoms with Crippen LogP contribution in [-0.2, 0) is 11.3 Å². The molecule has 0 radical (unpaired) electrons. The molecule has 0 spiro atoms. The lowest BCUT2D eigenvalue weighted by Gasteiger charge is -2.15. The zero-order valence-corrected chi connectivity index (χ0v) is 12.0. The molecule has 6 heteroatoms. The molecule has 1 amide bonds. The molecule has 0 aliphatic heterocycles. The van der Waals surface area contributed by atoms with Crippen molar-refractivity contribution in [2.45, 2.75) is 20.4 Å². The molecule has 0 atom stereocenters. The first-order valence-corrected chi connectivity index (χ1v) is 6.47. The van der Waals surface area contributed by atoms with Gasteiger partial charge in [-0.1, -0.05) is 0 Å². The van der Waals surface area contributed by atoms with Crippen molar-refractivity contribution in [2.75, 3.05) is 13.6 Å². The highest BCUT2D eigenvalue weighted by Crippen LogP contribution is 2.19. The number of aromatic amines is 1. The third kappa shape index (κ3) is 2.53. The molecule has 1 aromatic heterocycles. The van der Waals surface area contributed by atoms with Crippen LogP contribution < -0.4 is 0 Å². The van der Waals surface area contributed by atoms with Crippen molar-refractivity contribution in [3.63, 3.8) is 0 Å². The number of H-pyrrole nitrogens is 1. The summed E-state index contributed by atoms with van der Waals surface area (Å²) in [4.78, 5) is 16.5. The van der Waals surface area contributed by atoms with E-state index in [1.54, 1.807) is 29.5 Å². The number of aromatic nitrogens is 2. The number of hydrogen-bond acceptors (Lipinski definition) is 2. The van der Waals surface area contributed by atoms with E-state index in [9.17, 15) is 9.18 Å². The predicted octanol–water partition coefficient (Wildman–Crippen LogP) is 2.62.